The van der Waals surface area contributed by atoms with Crippen LogP contribution in [0, 0.1) is 11.7 Å². The molecule has 0 amide bonds. The SMILES string of the molecule is CN=C(NCCC1CC1)NCC(C)Oc1ccc(F)cc1.I. The topological polar surface area (TPSA) is 45.7 Å². The summed E-state index contributed by atoms with van der Waals surface area (Å²) in [7, 11) is 1.76. The van der Waals surface area contributed by atoms with Gasteiger partial charge in [-0.2, -0.15) is 0 Å². The molecule has 22 heavy (non-hydrogen) atoms. The van der Waals surface area contributed by atoms with Crippen molar-refractivity contribution < 1.29 is 9.13 Å². The largest absolute Gasteiger partial charge is 0.489 e. The van der Waals surface area contributed by atoms with Gasteiger partial charge >= 0.3 is 0 Å². The van der Waals surface area contributed by atoms with Gasteiger partial charge in [-0.3, -0.25) is 4.99 Å². The number of aliphatic imine (C=N–C) groups is 1. The molecule has 0 radical (unpaired) electrons. The Labute approximate surface area is 148 Å². The normalized spacial score (nSPS) is 15.7. The fraction of sp³-hybridized carbons (Fsp3) is 0.562. The Kier molecular flexibility index (Phi) is 8.52. The van der Waals surface area contributed by atoms with Gasteiger partial charge in [0.25, 0.3) is 0 Å². The minimum absolute atomic E-state index is 0. The summed E-state index contributed by atoms with van der Waals surface area (Å²) < 4.78 is 18.5. The van der Waals surface area contributed by atoms with Crippen LogP contribution in [0.2, 0.25) is 0 Å². The van der Waals surface area contributed by atoms with E-state index in [0.717, 1.165) is 18.4 Å². The van der Waals surface area contributed by atoms with Crippen LogP contribution in [0.4, 0.5) is 4.39 Å². The first kappa shape index (κ1) is 19.0. The molecule has 1 saturated carbocycles. The Morgan fingerprint density at radius 1 is 1.32 bits per heavy atom. The van der Waals surface area contributed by atoms with E-state index in [-0.39, 0.29) is 35.9 Å². The summed E-state index contributed by atoms with van der Waals surface area (Å²) in [6.07, 6.45) is 3.92. The van der Waals surface area contributed by atoms with E-state index >= 15 is 0 Å². The summed E-state index contributed by atoms with van der Waals surface area (Å²) in [6, 6.07) is 6.06. The average molecular weight is 421 g/mol. The van der Waals surface area contributed by atoms with E-state index in [1.54, 1.807) is 19.2 Å². The fourth-order valence-electron chi connectivity index (χ4n) is 2.05. The van der Waals surface area contributed by atoms with Crippen LogP contribution in [0.15, 0.2) is 29.3 Å². The molecule has 1 unspecified atom stereocenters. The van der Waals surface area contributed by atoms with Gasteiger partial charge in [0, 0.05) is 13.6 Å². The highest BCUT2D eigenvalue weighted by Crippen LogP contribution is 2.31. The minimum atomic E-state index is -0.256. The second-order valence-corrected chi connectivity index (χ2v) is 5.49. The van der Waals surface area contributed by atoms with E-state index in [1.165, 1.54) is 31.4 Å². The number of benzene rings is 1. The zero-order chi connectivity index (χ0) is 15.1. The van der Waals surface area contributed by atoms with Crippen LogP contribution in [0.5, 0.6) is 5.75 Å². The number of guanidine groups is 1. The Bertz CT molecular complexity index is 463. The molecule has 2 N–H and O–H groups in total. The molecule has 1 aliphatic rings. The molecule has 2 rings (SSSR count). The Morgan fingerprint density at radius 3 is 2.59 bits per heavy atom. The quantitative estimate of drug-likeness (QED) is 0.404. The maximum Gasteiger partial charge on any atom is 0.191 e. The Hall–Kier alpha value is -1.05. The number of nitrogens with one attached hydrogen (secondary N) is 2. The maximum atomic E-state index is 12.8. The van der Waals surface area contributed by atoms with Gasteiger partial charge in [0.05, 0.1) is 6.54 Å². The molecule has 4 nitrogen and oxygen atoms in total. The smallest absolute Gasteiger partial charge is 0.191 e. The monoisotopic (exact) mass is 421 g/mol. The summed E-state index contributed by atoms with van der Waals surface area (Å²) in [5.41, 5.74) is 0. The third-order valence-electron chi connectivity index (χ3n) is 3.47. The second kappa shape index (κ2) is 9.86. The summed E-state index contributed by atoms with van der Waals surface area (Å²) >= 11 is 0. The molecule has 0 aliphatic heterocycles. The lowest BCUT2D eigenvalue weighted by molar-refractivity contribution is 0.223. The van der Waals surface area contributed by atoms with E-state index < -0.39 is 0 Å². The molecular formula is C16H25FIN3O. The van der Waals surface area contributed by atoms with Crippen LogP contribution < -0.4 is 15.4 Å². The molecule has 1 aliphatic carbocycles. The van der Waals surface area contributed by atoms with Crippen molar-refractivity contribution in [2.75, 3.05) is 20.1 Å². The van der Waals surface area contributed by atoms with Crippen LogP contribution >= 0.6 is 24.0 Å². The van der Waals surface area contributed by atoms with Gasteiger partial charge in [0.1, 0.15) is 17.7 Å². The molecule has 6 heteroatoms. The van der Waals surface area contributed by atoms with Gasteiger partial charge in [-0.1, -0.05) is 12.8 Å². The third-order valence-corrected chi connectivity index (χ3v) is 3.47. The maximum absolute atomic E-state index is 12.8. The molecule has 0 aromatic heterocycles. The summed E-state index contributed by atoms with van der Waals surface area (Å²) in [5.74, 6) is 2.12. The number of ether oxygens (including phenoxy) is 1. The van der Waals surface area contributed by atoms with Gasteiger partial charge in [-0.05, 0) is 43.5 Å². The Morgan fingerprint density at radius 2 is 2.00 bits per heavy atom. The van der Waals surface area contributed by atoms with Crippen molar-refractivity contribution in [2.45, 2.75) is 32.3 Å². The lowest BCUT2D eigenvalue weighted by Crippen LogP contribution is -2.42. The van der Waals surface area contributed by atoms with Crippen molar-refractivity contribution in [3.05, 3.63) is 30.1 Å². The van der Waals surface area contributed by atoms with Crippen LogP contribution in [0.25, 0.3) is 0 Å². The average Bonchev–Trinajstić information content (AvgIpc) is 3.29. The second-order valence-electron chi connectivity index (χ2n) is 5.49. The molecule has 1 fully saturated rings. The van der Waals surface area contributed by atoms with Gasteiger partial charge in [-0.25, -0.2) is 4.39 Å². The van der Waals surface area contributed by atoms with Crippen molar-refractivity contribution in [3.63, 3.8) is 0 Å². The predicted octanol–water partition coefficient (Wildman–Crippen LogP) is 3.18. The lowest BCUT2D eigenvalue weighted by Gasteiger charge is -2.17. The molecule has 1 aromatic carbocycles. The molecule has 0 bridgehead atoms. The van der Waals surface area contributed by atoms with Crippen molar-refractivity contribution in [1.82, 2.24) is 10.6 Å². The van der Waals surface area contributed by atoms with E-state index in [1.807, 2.05) is 6.92 Å². The fourth-order valence-corrected chi connectivity index (χ4v) is 2.05. The van der Waals surface area contributed by atoms with Crippen molar-refractivity contribution in [3.8, 4) is 5.75 Å². The number of halogens is 2. The van der Waals surface area contributed by atoms with Gasteiger partial charge in [-0.15, -0.1) is 24.0 Å². The van der Waals surface area contributed by atoms with Crippen LogP contribution in [0.1, 0.15) is 26.2 Å². The number of nitrogens with zero attached hydrogens (tertiary/aromatic N) is 1. The molecule has 0 heterocycles. The van der Waals surface area contributed by atoms with Crippen molar-refractivity contribution >= 4 is 29.9 Å². The molecule has 1 aromatic rings. The van der Waals surface area contributed by atoms with Gasteiger partial charge < -0.3 is 15.4 Å². The number of hydrogen-bond donors (Lipinski definition) is 2. The molecule has 0 saturated heterocycles. The van der Waals surface area contributed by atoms with E-state index in [0.29, 0.717) is 12.3 Å². The highest BCUT2D eigenvalue weighted by atomic mass is 127. The van der Waals surface area contributed by atoms with Gasteiger partial charge in [0.15, 0.2) is 5.96 Å². The summed E-state index contributed by atoms with van der Waals surface area (Å²) in [6.45, 7) is 3.56. The highest BCUT2D eigenvalue weighted by Gasteiger charge is 2.20. The zero-order valence-electron chi connectivity index (χ0n) is 13.1. The van der Waals surface area contributed by atoms with Crippen molar-refractivity contribution in [2.24, 2.45) is 10.9 Å². The van der Waals surface area contributed by atoms with Gasteiger partial charge in [0.2, 0.25) is 0 Å². The Balaban J connectivity index is 0.00000242. The van der Waals surface area contributed by atoms with Crippen molar-refractivity contribution in [1.29, 1.82) is 0 Å². The van der Waals surface area contributed by atoms with Crippen LogP contribution in [0.3, 0.4) is 0 Å². The first-order chi connectivity index (χ1) is 10.2. The molecular weight excluding hydrogens is 396 g/mol. The first-order valence-electron chi connectivity index (χ1n) is 7.54. The minimum Gasteiger partial charge on any atom is -0.489 e. The van der Waals surface area contributed by atoms with E-state index in [9.17, 15) is 4.39 Å². The number of rotatable bonds is 7. The third kappa shape index (κ3) is 7.29. The van der Waals surface area contributed by atoms with Crippen LogP contribution in [-0.2, 0) is 0 Å². The molecule has 124 valence electrons. The number of hydrogen-bond acceptors (Lipinski definition) is 2. The zero-order valence-corrected chi connectivity index (χ0v) is 15.5. The predicted molar refractivity (Wildman–Crippen MR) is 98.6 cm³/mol. The molecule has 0 spiro atoms. The molecule has 1 atom stereocenters. The van der Waals surface area contributed by atoms with E-state index in [4.69, 9.17) is 4.74 Å². The lowest BCUT2D eigenvalue weighted by atomic mass is 10.3. The first-order valence-corrected chi connectivity index (χ1v) is 7.54. The highest BCUT2D eigenvalue weighted by molar-refractivity contribution is 14.0. The summed E-state index contributed by atoms with van der Waals surface area (Å²) in [4.78, 5) is 4.19. The summed E-state index contributed by atoms with van der Waals surface area (Å²) in [5, 5.41) is 6.54. The van der Waals surface area contributed by atoms with E-state index in [2.05, 4.69) is 15.6 Å². The standard InChI is InChI=1S/C16H24FN3O.HI/c1-12(21-15-7-5-14(17)6-8-15)11-20-16(18-2)19-10-9-13-3-4-13;/h5-8,12-13H,3-4,9-11H2,1-2H3,(H2,18,19,20);1H. The van der Waals surface area contributed by atoms with Crippen LogP contribution in [-0.4, -0.2) is 32.2 Å².